The first-order chi connectivity index (χ1) is 5.54. The van der Waals surface area contributed by atoms with Gasteiger partial charge in [-0.15, -0.1) is 8.58 Å². The maximum atomic E-state index is 4.16. The molecule has 0 saturated carbocycles. The summed E-state index contributed by atoms with van der Waals surface area (Å²) in [6.07, 6.45) is 0. The van der Waals surface area contributed by atoms with E-state index in [1.165, 1.54) is 5.57 Å². The lowest BCUT2D eigenvalue weighted by Crippen LogP contribution is -2.26. The molecule has 0 aromatic heterocycles. The van der Waals surface area contributed by atoms with Crippen LogP contribution in [0.1, 0.15) is 20.8 Å². The van der Waals surface area contributed by atoms with E-state index in [0.29, 0.717) is 17.6 Å². The third-order valence-electron chi connectivity index (χ3n) is 2.53. The van der Waals surface area contributed by atoms with Gasteiger partial charge in [0.05, 0.1) is 0 Å². The van der Waals surface area contributed by atoms with E-state index in [-0.39, 0.29) is 0 Å². The van der Waals surface area contributed by atoms with E-state index in [2.05, 4.69) is 39.3 Å². The SMILES string of the molecule is C=C(C(NC)PC)C(C)C(C)C. The second kappa shape index (κ2) is 5.72. The number of rotatable bonds is 5. The highest BCUT2D eigenvalue weighted by atomic mass is 31.1. The summed E-state index contributed by atoms with van der Waals surface area (Å²) in [4.78, 5) is 0. The van der Waals surface area contributed by atoms with E-state index in [0.717, 1.165) is 8.58 Å². The topological polar surface area (TPSA) is 12.0 Å². The van der Waals surface area contributed by atoms with Crippen LogP contribution in [0.4, 0.5) is 0 Å². The molecule has 72 valence electrons. The van der Waals surface area contributed by atoms with Gasteiger partial charge in [-0.25, -0.2) is 0 Å². The zero-order valence-electron chi connectivity index (χ0n) is 8.94. The molecule has 0 aliphatic rings. The fraction of sp³-hybridized carbons (Fsp3) is 0.800. The van der Waals surface area contributed by atoms with Crippen molar-refractivity contribution in [1.29, 1.82) is 0 Å². The number of hydrogen-bond acceptors (Lipinski definition) is 1. The predicted molar refractivity (Wildman–Crippen MR) is 60.2 cm³/mol. The minimum absolute atomic E-state index is 0.516. The first kappa shape index (κ1) is 12.1. The zero-order chi connectivity index (χ0) is 9.72. The van der Waals surface area contributed by atoms with Gasteiger partial charge in [-0.05, 0) is 25.5 Å². The molecule has 0 fully saturated rings. The van der Waals surface area contributed by atoms with Crippen molar-refractivity contribution in [2.45, 2.75) is 26.6 Å². The zero-order valence-corrected chi connectivity index (χ0v) is 9.94. The van der Waals surface area contributed by atoms with Crippen LogP contribution in [0.3, 0.4) is 0 Å². The molecule has 0 bridgehead atoms. The van der Waals surface area contributed by atoms with Crippen LogP contribution in [0.15, 0.2) is 12.2 Å². The van der Waals surface area contributed by atoms with Crippen molar-refractivity contribution in [3.63, 3.8) is 0 Å². The Morgan fingerprint density at radius 2 is 1.83 bits per heavy atom. The molecule has 0 saturated heterocycles. The standard InChI is InChI=1S/C10H22NP/c1-7(2)8(3)9(4)10(11-5)12-6/h7-8,10-12H,4H2,1-3,5-6H3. The van der Waals surface area contributed by atoms with Crippen LogP contribution in [0.2, 0.25) is 0 Å². The number of likely N-dealkylation sites (N-methyl/N-ethyl adjacent to an activating group) is 1. The Labute approximate surface area is 78.8 Å². The van der Waals surface area contributed by atoms with Crippen molar-refractivity contribution in [3.8, 4) is 0 Å². The molecule has 0 aliphatic carbocycles. The molecule has 2 heteroatoms. The average Bonchev–Trinajstić information content (AvgIpc) is 2.05. The molecule has 3 atom stereocenters. The van der Waals surface area contributed by atoms with Crippen LogP contribution >= 0.6 is 8.58 Å². The normalized spacial score (nSPS) is 17.2. The molecule has 12 heavy (non-hydrogen) atoms. The Morgan fingerprint density at radius 3 is 2.08 bits per heavy atom. The van der Waals surface area contributed by atoms with Crippen LogP contribution in [0, 0.1) is 11.8 Å². The van der Waals surface area contributed by atoms with Crippen LogP contribution in [-0.4, -0.2) is 19.5 Å². The average molecular weight is 187 g/mol. The first-order valence-electron chi connectivity index (χ1n) is 4.57. The highest BCUT2D eigenvalue weighted by molar-refractivity contribution is 7.38. The second-order valence-corrected chi connectivity index (χ2v) is 4.77. The molecule has 0 amide bonds. The monoisotopic (exact) mass is 187 g/mol. The maximum absolute atomic E-state index is 4.16. The molecular weight excluding hydrogens is 165 g/mol. The van der Waals surface area contributed by atoms with E-state index in [4.69, 9.17) is 0 Å². The third-order valence-corrected chi connectivity index (χ3v) is 3.77. The van der Waals surface area contributed by atoms with Crippen molar-refractivity contribution < 1.29 is 0 Å². The van der Waals surface area contributed by atoms with E-state index >= 15 is 0 Å². The number of nitrogens with one attached hydrogen (secondary N) is 1. The first-order valence-corrected chi connectivity index (χ1v) is 6.15. The van der Waals surface area contributed by atoms with Crippen LogP contribution < -0.4 is 5.32 Å². The smallest absolute Gasteiger partial charge is 0.0447 e. The Bertz CT molecular complexity index is 135. The summed E-state index contributed by atoms with van der Waals surface area (Å²) >= 11 is 0. The van der Waals surface area contributed by atoms with Gasteiger partial charge in [-0.3, -0.25) is 0 Å². The van der Waals surface area contributed by atoms with Crippen molar-refractivity contribution in [2.24, 2.45) is 11.8 Å². The van der Waals surface area contributed by atoms with Gasteiger partial charge < -0.3 is 5.32 Å². The van der Waals surface area contributed by atoms with Crippen LogP contribution in [-0.2, 0) is 0 Å². The van der Waals surface area contributed by atoms with Crippen molar-refractivity contribution in [1.82, 2.24) is 5.32 Å². The molecular formula is C10H22NP. The summed E-state index contributed by atoms with van der Waals surface area (Å²) in [6, 6.07) is 0. The lowest BCUT2D eigenvalue weighted by atomic mass is 9.91. The van der Waals surface area contributed by atoms with Crippen molar-refractivity contribution in [2.75, 3.05) is 13.7 Å². The molecule has 0 spiro atoms. The van der Waals surface area contributed by atoms with E-state index < -0.39 is 0 Å². The summed E-state index contributed by atoms with van der Waals surface area (Å²) in [7, 11) is 2.92. The van der Waals surface area contributed by atoms with Crippen molar-refractivity contribution >= 4 is 8.58 Å². The van der Waals surface area contributed by atoms with Gasteiger partial charge in [0.25, 0.3) is 0 Å². The molecule has 1 N–H and O–H groups in total. The summed E-state index contributed by atoms with van der Waals surface area (Å²) in [5.41, 5.74) is 1.35. The molecule has 0 heterocycles. The Balaban J connectivity index is 4.16. The summed E-state index contributed by atoms with van der Waals surface area (Å²) in [5, 5.41) is 3.30. The number of hydrogen-bond donors (Lipinski definition) is 1. The second-order valence-electron chi connectivity index (χ2n) is 3.62. The largest absolute Gasteiger partial charge is 0.310 e. The van der Waals surface area contributed by atoms with Gasteiger partial charge >= 0.3 is 0 Å². The lowest BCUT2D eigenvalue weighted by Gasteiger charge is -2.25. The molecule has 0 rings (SSSR count). The van der Waals surface area contributed by atoms with Gasteiger partial charge in [-0.2, -0.15) is 0 Å². The van der Waals surface area contributed by atoms with E-state index in [1.54, 1.807) is 0 Å². The molecule has 0 aliphatic heterocycles. The van der Waals surface area contributed by atoms with E-state index in [9.17, 15) is 0 Å². The summed E-state index contributed by atoms with van der Waals surface area (Å²) < 4.78 is 0. The van der Waals surface area contributed by atoms with Crippen molar-refractivity contribution in [3.05, 3.63) is 12.2 Å². The minimum atomic E-state index is 0.516. The quantitative estimate of drug-likeness (QED) is 0.515. The Morgan fingerprint density at radius 1 is 1.33 bits per heavy atom. The molecule has 0 aromatic carbocycles. The summed E-state index contributed by atoms with van der Waals surface area (Å²) in [5.74, 6) is 1.84. The minimum Gasteiger partial charge on any atom is -0.310 e. The van der Waals surface area contributed by atoms with Gasteiger partial charge in [0.1, 0.15) is 0 Å². The molecule has 1 nitrogen and oxygen atoms in total. The fourth-order valence-electron chi connectivity index (χ4n) is 1.21. The Hall–Kier alpha value is 0.130. The highest BCUT2D eigenvalue weighted by Crippen LogP contribution is 2.27. The van der Waals surface area contributed by atoms with Gasteiger partial charge in [0.15, 0.2) is 0 Å². The summed E-state index contributed by atoms with van der Waals surface area (Å²) in [6.45, 7) is 13.1. The van der Waals surface area contributed by atoms with Gasteiger partial charge in [-0.1, -0.05) is 32.9 Å². The van der Waals surface area contributed by atoms with Crippen LogP contribution in [0.25, 0.3) is 0 Å². The molecule has 3 unspecified atom stereocenters. The maximum Gasteiger partial charge on any atom is 0.0447 e. The van der Waals surface area contributed by atoms with Gasteiger partial charge in [0.2, 0.25) is 0 Å². The van der Waals surface area contributed by atoms with E-state index in [1.807, 2.05) is 7.05 Å². The fourth-order valence-corrected chi connectivity index (χ4v) is 2.13. The lowest BCUT2D eigenvalue weighted by molar-refractivity contribution is 0.464. The highest BCUT2D eigenvalue weighted by Gasteiger charge is 2.16. The molecule has 0 radical (unpaired) electrons. The predicted octanol–water partition coefficient (Wildman–Crippen LogP) is 2.69. The molecule has 0 aromatic rings. The Kier molecular flexibility index (Phi) is 5.78. The third kappa shape index (κ3) is 3.25. The van der Waals surface area contributed by atoms with Gasteiger partial charge in [0, 0.05) is 5.78 Å². The van der Waals surface area contributed by atoms with Crippen LogP contribution in [0.5, 0.6) is 0 Å².